The summed E-state index contributed by atoms with van der Waals surface area (Å²) in [7, 11) is 0. The van der Waals surface area contributed by atoms with Gasteiger partial charge in [0, 0.05) is 39.5 Å². The summed E-state index contributed by atoms with van der Waals surface area (Å²) in [6.45, 7) is 9.37. The Morgan fingerprint density at radius 1 is 0.353 bits per heavy atom. The zero-order valence-corrected chi connectivity index (χ0v) is 30.0. The lowest BCUT2D eigenvalue weighted by atomic mass is 9.80. The van der Waals surface area contributed by atoms with Gasteiger partial charge in [-0.2, -0.15) is 0 Å². The van der Waals surface area contributed by atoms with Gasteiger partial charge < -0.3 is 9.80 Å². The fraction of sp³-hybridized carbons (Fsp3) is 0.143. The van der Waals surface area contributed by atoms with Crippen molar-refractivity contribution in [1.29, 1.82) is 0 Å². The van der Waals surface area contributed by atoms with Crippen molar-refractivity contribution in [3.8, 4) is 22.3 Å². The van der Waals surface area contributed by atoms with Gasteiger partial charge in [-0.3, -0.25) is 0 Å². The van der Waals surface area contributed by atoms with E-state index in [2.05, 4.69) is 207 Å². The molecule has 1 aliphatic carbocycles. The van der Waals surface area contributed by atoms with Crippen molar-refractivity contribution in [3.63, 3.8) is 0 Å². The molecule has 0 saturated heterocycles. The number of benzene rings is 7. The minimum atomic E-state index is -0.162. The van der Waals surface area contributed by atoms with Gasteiger partial charge in [-0.1, -0.05) is 119 Å². The number of aryl methyl sites for hydroxylation is 2. The van der Waals surface area contributed by atoms with Crippen LogP contribution in [0.3, 0.4) is 0 Å². The SMILES string of the molecule is CCc1cc(N(c2ccccc2)c2ccccc2)ccc1-c1cc2c(cc1CC)-c1ccc(N(c3ccccc3)c3ccccc3)cc1C2(C)C. The third kappa shape index (κ3) is 5.81. The van der Waals surface area contributed by atoms with Crippen molar-refractivity contribution in [2.75, 3.05) is 9.80 Å². The maximum atomic E-state index is 2.51. The predicted octanol–water partition coefficient (Wildman–Crippen LogP) is 13.7. The Morgan fingerprint density at radius 3 is 1.20 bits per heavy atom. The second kappa shape index (κ2) is 13.5. The Hall–Kier alpha value is -5.86. The molecule has 0 radical (unpaired) electrons. The van der Waals surface area contributed by atoms with E-state index in [1.54, 1.807) is 0 Å². The molecule has 0 aromatic heterocycles. The Bertz CT molecular complexity index is 2210. The highest BCUT2D eigenvalue weighted by atomic mass is 15.1. The molecule has 0 saturated carbocycles. The lowest BCUT2D eigenvalue weighted by Crippen LogP contribution is -2.17. The predicted molar refractivity (Wildman–Crippen MR) is 218 cm³/mol. The highest BCUT2D eigenvalue weighted by Crippen LogP contribution is 2.52. The Morgan fingerprint density at radius 2 is 0.745 bits per heavy atom. The van der Waals surface area contributed by atoms with Crippen molar-refractivity contribution in [2.24, 2.45) is 0 Å². The van der Waals surface area contributed by atoms with Crippen LogP contribution < -0.4 is 9.80 Å². The molecule has 0 heterocycles. The first kappa shape index (κ1) is 32.4. The van der Waals surface area contributed by atoms with Crippen LogP contribution in [-0.4, -0.2) is 0 Å². The number of rotatable bonds is 9. The summed E-state index contributed by atoms with van der Waals surface area (Å²) in [5.41, 5.74) is 17.7. The molecule has 0 bridgehead atoms. The van der Waals surface area contributed by atoms with Crippen molar-refractivity contribution >= 4 is 34.1 Å². The van der Waals surface area contributed by atoms with Crippen LogP contribution in [0.4, 0.5) is 34.1 Å². The fourth-order valence-electron chi connectivity index (χ4n) is 7.97. The summed E-state index contributed by atoms with van der Waals surface area (Å²) >= 11 is 0. The first-order valence-corrected chi connectivity index (χ1v) is 18.2. The van der Waals surface area contributed by atoms with Gasteiger partial charge in [0.2, 0.25) is 0 Å². The molecule has 8 rings (SSSR count). The third-order valence-corrected chi connectivity index (χ3v) is 10.6. The minimum Gasteiger partial charge on any atom is -0.310 e. The van der Waals surface area contributed by atoms with Crippen LogP contribution in [0.5, 0.6) is 0 Å². The van der Waals surface area contributed by atoms with Crippen LogP contribution >= 0.6 is 0 Å². The molecule has 51 heavy (non-hydrogen) atoms. The second-order valence-corrected chi connectivity index (χ2v) is 14.0. The maximum Gasteiger partial charge on any atom is 0.0465 e. The molecule has 0 amide bonds. The summed E-state index contributed by atoms with van der Waals surface area (Å²) in [4.78, 5) is 4.73. The van der Waals surface area contributed by atoms with Gasteiger partial charge in [0.25, 0.3) is 0 Å². The monoisotopic (exact) mass is 660 g/mol. The average molecular weight is 661 g/mol. The number of fused-ring (bicyclic) bond motifs is 3. The Kier molecular flexibility index (Phi) is 8.53. The fourth-order valence-corrected chi connectivity index (χ4v) is 7.97. The summed E-state index contributed by atoms with van der Waals surface area (Å²) in [6.07, 6.45) is 1.92. The number of anilines is 6. The van der Waals surface area contributed by atoms with Crippen LogP contribution in [0, 0.1) is 0 Å². The zero-order valence-electron chi connectivity index (χ0n) is 30.0. The summed E-state index contributed by atoms with van der Waals surface area (Å²) in [6, 6.07) is 61.9. The van der Waals surface area contributed by atoms with Crippen molar-refractivity contribution in [2.45, 2.75) is 46.0 Å². The number of para-hydroxylation sites is 4. The summed E-state index contributed by atoms with van der Waals surface area (Å²) in [5, 5.41) is 0. The van der Waals surface area contributed by atoms with E-state index in [1.165, 1.54) is 55.9 Å². The molecule has 0 unspecified atom stereocenters. The van der Waals surface area contributed by atoms with Crippen molar-refractivity contribution in [1.82, 2.24) is 0 Å². The van der Waals surface area contributed by atoms with E-state index in [1.807, 2.05) is 0 Å². The summed E-state index contributed by atoms with van der Waals surface area (Å²) in [5.74, 6) is 0. The molecule has 0 aliphatic heterocycles. The molecular formula is C49H44N2. The summed E-state index contributed by atoms with van der Waals surface area (Å²) < 4.78 is 0. The lowest BCUT2D eigenvalue weighted by molar-refractivity contribution is 0.660. The molecule has 7 aromatic rings. The smallest absolute Gasteiger partial charge is 0.0465 e. The molecule has 0 fully saturated rings. The Labute approximate surface area is 303 Å². The van der Waals surface area contributed by atoms with E-state index >= 15 is 0 Å². The molecular weight excluding hydrogens is 617 g/mol. The van der Waals surface area contributed by atoms with Gasteiger partial charge in [0.1, 0.15) is 0 Å². The molecule has 7 aromatic carbocycles. The first-order chi connectivity index (χ1) is 25.0. The van der Waals surface area contributed by atoms with Crippen LogP contribution in [0.15, 0.2) is 170 Å². The molecule has 0 atom stereocenters. The van der Waals surface area contributed by atoms with Gasteiger partial charge in [-0.15, -0.1) is 0 Å². The van der Waals surface area contributed by atoms with Crippen molar-refractivity contribution < 1.29 is 0 Å². The van der Waals surface area contributed by atoms with Crippen LogP contribution in [0.1, 0.15) is 49.9 Å². The van der Waals surface area contributed by atoms with Gasteiger partial charge in [-0.25, -0.2) is 0 Å². The molecule has 250 valence electrons. The Balaban J connectivity index is 1.22. The van der Waals surface area contributed by atoms with Gasteiger partial charge in [-0.05, 0) is 136 Å². The van der Waals surface area contributed by atoms with Crippen LogP contribution in [0.25, 0.3) is 22.3 Å². The highest BCUT2D eigenvalue weighted by Gasteiger charge is 2.37. The van der Waals surface area contributed by atoms with Gasteiger partial charge in [0.05, 0.1) is 0 Å². The van der Waals surface area contributed by atoms with E-state index in [9.17, 15) is 0 Å². The van der Waals surface area contributed by atoms with Gasteiger partial charge in [0.15, 0.2) is 0 Å². The largest absolute Gasteiger partial charge is 0.310 e. The van der Waals surface area contributed by atoms with Gasteiger partial charge >= 0.3 is 0 Å². The van der Waals surface area contributed by atoms with E-state index in [-0.39, 0.29) is 5.41 Å². The standard InChI is InChI=1S/C49H44N2/c1-5-35-31-41(50(37-19-11-7-12-20-37)38-21-13-8-14-22-38)27-29-43(35)45-34-48-46(32-36(45)6-2)44-30-28-42(33-47(44)49(48,3)4)51(39-23-15-9-16-24-39)40-25-17-10-18-26-40/h7-34H,5-6H2,1-4H3. The van der Waals surface area contributed by atoms with E-state index in [0.29, 0.717) is 0 Å². The van der Waals surface area contributed by atoms with Crippen LogP contribution in [-0.2, 0) is 18.3 Å². The topological polar surface area (TPSA) is 6.48 Å². The molecule has 2 nitrogen and oxygen atoms in total. The molecule has 0 spiro atoms. The molecule has 2 heteroatoms. The van der Waals surface area contributed by atoms with Crippen LogP contribution in [0.2, 0.25) is 0 Å². The van der Waals surface area contributed by atoms with E-state index < -0.39 is 0 Å². The zero-order chi connectivity index (χ0) is 35.0. The third-order valence-electron chi connectivity index (χ3n) is 10.6. The van der Waals surface area contributed by atoms with E-state index in [0.717, 1.165) is 35.6 Å². The van der Waals surface area contributed by atoms with E-state index in [4.69, 9.17) is 0 Å². The molecule has 1 aliphatic rings. The highest BCUT2D eigenvalue weighted by molar-refractivity contribution is 5.89. The first-order valence-electron chi connectivity index (χ1n) is 18.2. The normalized spacial score (nSPS) is 12.6. The minimum absolute atomic E-state index is 0.162. The number of nitrogens with zero attached hydrogens (tertiary/aromatic N) is 2. The maximum absolute atomic E-state index is 2.51. The lowest BCUT2D eigenvalue weighted by Gasteiger charge is -2.28. The average Bonchev–Trinajstić information content (AvgIpc) is 3.40. The molecule has 0 N–H and O–H groups in total. The quantitative estimate of drug-likeness (QED) is 0.152. The van der Waals surface area contributed by atoms with Crippen molar-refractivity contribution in [3.05, 3.63) is 192 Å². The number of hydrogen-bond acceptors (Lipinski definition) is 2. The number of hydrogen-bond donors (Lipinski definition) is 0. The second-order valence-electron chi connectivity index (χ2n) is 14.0.